The largest absolute Gasteiger partial charge is 0.383 e. The smallest absolute Gasteiger partial charge is 0.258 e. The zero-order chi connectivity index (χ0) is 17.2. The minimum Gasteiger partial charge on any atom is -0.383 e. The molecule has 0 aliphatic heterocycles. The van der Waals surface area contributed by atoms with Gasteiger partial charge in [0.15, 0.2) is 0 Å². The van der Waals surface area contributed by atoms with Gasteiger partial charge in [-0.25, -0.2) is 4.98 Å². The monoisotopic (exact) mass is 335 g/mol. The van der Waals surface area contributed by atoms with Gasteiger partial charge in [0.05, 0.1) is 42.0 Å². The summed E-state index contributed by atoms with van der Waals surface area (Å²) in [6.07, 6.45) is 5.58. The van der Waals surface area contributed by atoms with Gasteiger partial charge in [0.25, 0.3) is 5.56 Å². The highest BCUT2D eigenvalue weighted by atomic mass is 16.5. The molecule has 3 heterocycles. The molecule has 126 valence electrons. The predicted molar refractivity (Wildman–Crippen MR) is 94.6 cm³/mol. The topological polar surface area (TPSA) is 85.7 Å². The lowest BCUT2D eigenvalue weighted by atomic mass is 10.1. The molecule has 4 aromatic rings. The molecule has 25 heavy (non-hydrogen) atoms. The first-order valence-electron chi connectivity index (χ1n) is 8.01. The van der Waals surface area contributed by atoms with Gasteiger partial charge in [0.1, 0.15) is 5.82 Å². The Balaban J connectivity index is 1.69. The van der Waals surface area contributed by atoms with E-state index in [0.29, 0.717) is 36.3 Å². The van der Waals surface area contributed by atoms with Gasteiger partial charge in [-0.1, -0.05) is 12.1 Å². The summed E-state index contributed by atoms with van der Waals surface area (Å²) in [5.74, 6) is 0.618. The van der Waals surface area contributed by atoms with E-state index in [0.717, 1.165) is 16.5 Å². The lowest BCUT2D eigenvalue weighted by Gasteiger charge is -2.06. The van der Waals surface area contributed by atoms with Gasteiger partial charge in [-0.2, -0.15) is 5.10 Å². The first-order chi connectivity index (χ1) is 12.2. The maximum absolute atomic E-state index is 12.2. The van der Waals surface area contributed by atoms with Crippen LogP contribution in [0.4, 0.5) is 0 Å². The van der Waals surface area contributed by atoms with Crippen molar-refractivity contribution in [2.45, 2.75) is 13.0 Å². The molecule has 0 saturated heterocycles. The first kappa shape index (κ1) is 15.5. The summed E-state index contributed by atoms with van der Waals surface area (Å²) in [5.41, 5.74) is 2.55. The number of nitrogens with one attached hydrogen (secondary N) is 1. The number of nitrogens with zero attached hydrogens (tertiary/aromatic N) is 4. The second-order valence-electron chi connectivity index (χ2n) is 5.84. The van der Waals surface area contributed by atoms with Crippen LogP contribution in [-0.4, -0.2) is 38.4 Å². The van der Waals surface area contributed by atoms with E-state index in [1.54, 1.807) is 25.6 Å². The van der Waals surface area contributed by atoms with Gasteiger partial charge >= 0.3 is 0 Å². The molecule has 0 saturated carbocycles. The molecule has 0 aliphatic rings. The molecule has 0 unspecified atom stereocenters. The van der Waals surface area contributed by atoms with E-state index < -0.39 is 0 Å². The lowest BCUT2D eigenvalue weighted by molar-refractivity contribution is 0.185. The van der Waals surface area contributed by atoms with Gasteiger partial charge < -0.3 is 9.72 Å². The van der Waals surface area contributed by atoms with Gasteiger partial charge in [-0.05, 0) is 17.7 Å². The van der Waals surface area contributed by atoms with E-state index in [1.807, 2.05) is 23.0 Å². The number of hydrogen-bond acceptors (Lipinski definition) is 5. The second-order valence-corrected chi connectivity index (χ2v) is 5.84. The molecule has 7 nitrogen and oxygen atoms in total. The van der Waals surface area contributed by atoms with Crippen LogP contribution in [0, 0.1) is 0 Å². The number of ether oxygens (including phenoxy) is 1. The van der Waals surface area contributed by atoms with E-state index in [1.165, 1.54) is 0 Å². The summed E-state index contributed by atoms with van der Waals surface area (Å²) in [4.78, 5) is 23.6. The van der Waals surface area contributed by atoms with E-state index in [2.05, 4.69) is 26.1 Å². The van der Waals surface area contributed by atoms with Crippen molar-refractivity contribution in [3.8, 4) is 0 Å². The highest BCUT2D eigenvalue weighted by Gasteiger charge is 2.07. The molecule has 7 heteroatoms. The summed E-state index contributed by atoms with van der Waals surface area (Å²) >= 11 is 0. The van der Waals surface area contributed by atoms with Crippen LogP contribution in [-0.2, 0) is 17.7 Å². The molecule has 1 N–H and O–H groups in total. The molecule has 0 atom stereocenters. The van der Waals surface area contributed by atoms with Crippen LogP contribution in [0.25, 0.3) is 21.8 Å². The molecule has 0 bridgehead atoms. The Morgan fingerprint density at radius 1 is 1.24 bits per heavy atom. The van der Waals surface area contributed by atoms with E-state index in [9.17, 15) is 4.79 Å². The van der Waals surface area contributed by atoms with Gasteiger partial charge in [-0.15, -0.1) is 0 Å². The fraction of sp³-hybridized carbons (Fsp3) is 0.222. The van der Waals surface area contributed by atoms with Crippen molar-refractivity contribution >= 4 is 21.8 Å². The summed E-state index contributed by atoms with van der Waals surface area (Å²) in [7, 11) is 1.67. The third kappa shape index (κ3) is 3.01. The Hall–Kier alpha value is -3.06. The fourth-order valence-corrected chi connectivity index (χ4v) is 2.90. The molecule has 0 fully saturated rings. The predicted octanol–water partition coefficient (Wildman–Crippen LogP) is 1.90. The Kier molecular flexibility index (Phi) is 3.99. The normalized spacial score (nSPS) is 11.4. The van der Waals surface area contributed by atoms with Gasteiger partial charge in [0.2, 0.25) is 0 Å². The molecule has 0 aliphatic carbocycles. The Morgan fingerprint density at radius 3 is 3.04 bits per heavy atom. The number of hydrogen-bond donors (Lipinski definition) is 1. The number of rotatable bonds is 5. The minimum absolute atomic E-state index is 0.145. The number of aromatic nitrogens is 5. The third-order valence-corrected chi connectivity index (χ3v) is 4.15. The summed E-state index contributed by atoms with van der Waals surface area (Å²) in [6, 6.07) is 7.80. The zero-order valence-electron chi connectivity index (χ0n) is 13.8. The van der Waals surface area contributed by atoms with E-state index >= 15 is 0 Å². The van der Waals surface area contributed by atoms with Crippen molar-refractivity contribution in [2.75, 3.05) is 13.7 Å². The SMILES string of the molecule is COCCn1ncc2ccc(Cc3nc4cnccc4c(=O)[nH]3)cc21. The fourth-order valence-electron chi connectivity index (χ4n) is 2.90. The van der Waals surface area contributed by atoms with Crippen molar-refractivity contribution in [1.82, 2.24) is 24.7 Å². The Morgan fingerprint density at radius 2 is 2.16 bits per heavy atom. The number of methoxy groups -OCH3 is 1. The third-order valence-electron chi connectivity index (χ3n) is 4.15. The number of aromatic amines is 1. The summed E-state index contributed by atoms with van der Waals surface area (Å²) in [5, 5.41) is 6.01. The first-order valence-corrected chi connectivity index (χ1v) is 8.01. The van der Waals surface area contributed by atoms with E-state index in [-0.39, 0.29) is 5.56 Å². The summed E-state index contributed by atoms with van der Waals surface area (Å²) in [6.45, 7) is 1.30. The lowest BCUT2D eigenvalue weighted by Crippen LogP contribution is -2.12. The van der Waals surface area contributed by atoms with Gasteiger partial charge in [-0.3, -0.25) is 14.5 Å². The maximum Gasteiger partial charge on any atom is 0.258 e. The van der Waals surface area contributed by atoms with Crippen LogP contribution in [0.15, 0.2) is 47.7 Å². The Labute approximate surface area is 143 Å². The molecular formula is C18H17N5O2. The minimum atomic E-state index is -0.145. The van der Waals surface area contributed by atoms with Crippen molar-refractivity contribution in [3.05, 3.63) is 64.6 Å². The van der Waals surface area contributed by atoms with Crippen molar-refractivity contribution in [2.24, 2.45) is 0 Å². The molecule has 0 radical (unpaired) electrons. The number of fused-ring (bicyclic) bond motifs is 2. The van der Waals surface area contributed by atoms with Crippen LogP contribution in [0.2, 0.25) is 0 Å². The van der Waals surface area contributed by atoms with E-state index in [4.69, 9.17) is 4.74 Å². The molecule has 0 spiro atoms. The molecule has 0 amide bonds. The molecule has 3 aromatic heterocycles. The molecule has 1 aromatic carbocycles. The van der Waals surface area contributed by atoms with Crippen molar-refractivity contribution < 1.29 is 4.74 Å². The highest BCUT2D eigenvalue weighted by molar-refractivity contribution is 5.79. The number of H-pyrrole nitrogens is 1. The average Bonchev–Trinajstić information content (AvgIpc) is 3.02. The highest BCUT2D eigenvalue weighted by Crippen LogP contribution is 2.17. The van der Waals surface area contributed by atoms with Crippen LogP contribution in [0.3, 0.4) is 0 Å². The summed E-state index contributed by atoms with van der Waals surface area (Å²) < 4.78 is 7.05. The van der Waals surface area contributed by atoms with Crippen molar-refractivity contribution in [3.63, 3.8) is 0 Å². The zero-order valence-corrected chi connectivity index (χ0v) is 13.8. The number of pyridine rings is 1. The quantitative estimate of drug-likeness (QED) is 0.602. The van der Waals surface area contributed by atoms with Crippen LogP contribution in [0.5, 0.6) is 0 Å². The van der Waals surface area contributed by atoms with Crippen LogP contribution >= 0.6 is 0 Å². The molecular weight excluding hydrogens is 318 g/mol. The molecule has 4 rings (SSSR count). The van der Waals surface area contributed by atoms with Crippen LogP contribution < -0.4 is 5.56 Å². The second kappa shape index (κ2) is 6.45. The van der Waals surface area contributed by atoms with Crippen molar-refractivity contribution in [1.29, 1.82) is 0 Å². The average molecular weight is 335 g/mol. The van der Waals surface area contributed by atoms with Crippen LogP contribution in [0.1, 0.15) is 11.4 Å². The Bertz CT molecular complexity index is 1100. The maximum atomic E-state index is 12.2. The number of benzene rings is 1. The van der Waals surface area contributed by atoms with Gasteiger partial charge in [0, 0.05) is 25.1 Å². The standard InChI is InChI=1S/C18H17N5O2/c1-25-7-6-23-16-8-12(2-3-13(16)10-20-23)9-17-21-15-11-19-5-4-14(15)18(24)22-17/h2-5,8,10-11H,6-7,9H2,1H3,(H,21,22,24).